The molecule has 4 nitrogen and oxygen atoms in total. The van der Waals surface area contributed by atoms with Crippen molar-refractivity contribution >= 4 is 0 Å². The van der Waals surface area contributed by atoms with Gasteiger partial charge in [0.1, 0.15) is 0 Å². The van der Waals surface area contributed by atoms with Crippen molar-refractivity contribution in [2.75, 3.05) is 0 Å². The molecule has 2 rings (SSSR count). The predicted octanol–water partition coefficient (Wildman–Crippen LogP) is 2.01. The molecule has 0 saturated heterocycles. The summed E-state index contributed by atoms with van der Waals surface area (Å²) in [6, 6.07) is 0. The molecule has 1 aromatic heterocycles. The molecule has 15 heavy (non-hydrogen) atoms. The highest BCUT2D eigenvalue weighted by Gasteiger charge is 2.34. The topological polar surface area (TPSA) is 64.9 Å². The molecule has 0 spiro atoms. The highest BCUT2D eigenvalue weighted by Crippen LogP contribution is 2.32. The van der Waals surface area contributed by atoms with E-state index >= 15 is 0 Å². The summed E-state index contributed by atoms with van der Waals surface area (Å²) >= 11 is 0. The molecule has 0 bridgehead atoms. The third-order valence-electron chi connectivity index (χ3n) is 3.39. The third-order valence-corrected chi connectivity index (χ3v) is 3.39. The summed E-state index contributed by atoms with van der Waals surface area (Å²) in [6.45, 7) is 4.23. The molecule has 1 aromatic rings. The molecule has 2 N–H and O–H groups in total. The van der Waals surface area contributed by atoms with E-state index in [-0.39, 0.29) is 5.54 Å². The van der Waals surface area contributed by atoms with Gasteiger partial charge in [-0.2, -0.15) is 4.98 Å². The first kappa shape index (κ1) is 10.6. The van der Waals surface area contributed by atoms with Gasteiger partial charge in [-0.1, -0.05) is 19.0 Å². The second kappa shape index (κ2) is 3.93. The second-order valence-corrected chi connectivity index (χ2v) is 4.75. The molecule has 0 aromatic carbocycles. The number of hydrogen-bond acceptors (Lipinski definition) is 4. The monoisotopic (exact) mass is 209 g/mol. The Balaban J connectivity index is 2.00. The van der Waals surface area contributed by atoms with Gasteiger partial charge in [-0.05, 0) is 25.7 Å². The molecule has 1 aliphatic rings. The van der Waals surface area contributed by atoms with Crippen molar-refractivity contribution < 1.29 is 4.52 Å². The van der Waals surface area contributed by atoms with Gasteiger partial charge in [0.05, 0.1) is 0 Å². The fraction of sp³-hybridized carbons (Fsp3) is 0.818. The Hall–Kier alpha value is -0.900. The second-order valence-electron chi connectivity index (χ2n) is 4.75. The first-order chi connectivity index (χ1) is 7.13. The molecular weight excluding hydrogens is 190 g/mol. The van der Waals surface area contributed by atoms with Crippen LogP contribution in [0.2, 0.25) is 0 Å². The summed E-state index contributed by atoms with van der Waals surface area (Å²) < 4.78 is 5.22. The highest BCUT2D eigenvalue weighted by atomic mass is 16.5. The van der Waals surface area contributed by atoms with Crippen LogP contribution in [-0.2, 0) is 6.42 Å². The van der Waals surface area contributed by atoms with E-state index in [2.05, 4.69) is 24.0 Å². The van der Waals surface area contributed by atoms with Crippen LogP contribution in [0.15, 0.2) is 4.52 Å². The van der Waals surface area contributed by atoms with Crippen LogP contribution in [0, 0.1) is 0 Å². The van der Waals surface area contributed by atoms with Crippen molar-refractivity contribution in [1.82, 2.24) is 10.1 Å². The van der Waals surface area contributed by atoms with Gasteiger partial charge in [-0.15, -0.1) is 0 Å². The number of aromatic nitrogens is 2. The number of nitrogens with two attached hydrogens (primary N) is 1. The van der Waals surface area contributed by atoms with E-state index in [1.807, 2.05) is 0 Å². The van der Waals surface area contributed by atoms with Gasteiger partial charge in [-0.25, -0.2) is 0 Å². The van der Waals surface area contributed by atoms with Gasteiger partial charge in [-0.3, -0.25) is 0 Å². The molecule has 1 saturated carbocycles. The Bertz CT molecular complexity index is 330. The largest absolute Gasteiger partial charge is 0.339 e. The van der Waals surface area contributed by atoms with Crippen LogP contribution in [0.25, 0.3) is 0 Å². The van der Waals surface area contributed by atoms with Crippen molar-refractivity contribution in [2.24, 2.45) is 5.73 Å². The van der Waals surface area contributed by atoms with E-state index in [0.29, 0.717) is 11.8 Å². The van der Waals surface area contributed by atoms with Crippen LogP contribution in [0.1, 0.15) is 57.2 Å². The van der Waals surface area contributed by atoms with Crippen molar-refractivity contribution in [1.29, 1.82) is 0 Å². The molecule has 0 aliphatic heterocycles. The molecule has 0 radical (unpaired) electrons. The number of rotatable bonds is 4. The van der Waals surface area contributed by atoms with Crippen molar-refractivity contribution in [3.8, 4) is 0 Å². The highest BCUT2D eigenvalue weighted by molar-refractivity contribution is 5.02. The Kier molecular flexibility index (Phi) is 2.78. The maximum Gasteiger partial charge on any atom is 0.228 e. The quantitative estimate of drug-likeness (QED) is 0.823. The van der Waals surface area contributed by atoms with E-state index in [1.165, 1.54) is 6.42 Å². The minimum atomic E-state index is -0.0702. The normalized spacial score (nSPS) is 21.0. The van der Waals surface area contributed by atoms with Crippen molar-refractivity contribution in [3.63, 3.8) is 0 Å². The fourth-order valence-electron chi connectivity index (χ4n) is 1.83. The molecule has 1 atom stereocenters. The molecule has 4 heteroatoms. The standard InChI is InChI=1S/C11H19N3O/c1-3-8(2)10-13-9(15-14-10)7-11(12)5-4-6-11/h8H,3-7,12H2,1-2H3. The maximum atomic E-state index is 6.12. The third kappa shape index (κ3) is 2.20. The Morgan fingerprint density at radius 2 is 2.27 bits per heavy atom. The van der Waals surface area contributed by atoms with Crippen LogP contribution >= 0.6 is 0 Å². The van der Waals surface area contributed by atoms with Gasteiger partial charge in [0.15, 0.2) is 5.82 Å². The predicted molar refractivity (Wildman–Crippen MR) is 57.5 cm³/mol. The SMILES string of the molecule is CCC(C)c1noc(CC2(N)CCC2)n1. The van der Waals surface area contributed by atoms with Gasteiger partial charge in [0.2, 0.25) is 5.89 Å². The lowest BCUT2D eigenvalue weighted by atomic mass is 9.75. The Morgan fingerprint density at radius 3 is 2.80 bits per heavy atom. The van der Waals surface area contributed by atoms with E-state index in [9.17, 15) is 0 Å². The minimum absolute atomic E-state index is 0.0702. The van der Waals surface area contributed by atoms with Crippen LogP contribution in [0.3, 0.4) is 0 Å². The molecule has 0 amide bonds. The first-order valence-corrected chi connectivity index (χ1v) is 5.74. The van der Waals surface area contributed by atoms with Gasteiger partial charge in [0, 0.05) is 17.9 Å². The average molecular weight is 209 g/mol. The molecule has 1 heterocycles. The molecule has 1 unspecified atom stereocenters. The van der Waals surface area contributed by atoms with E-state index in [0.717, 1.165) is 31.5 Å². The number of nitrogens with zero attached hydrogens (tertiary/aromatic N) is 2. The van der Waals surface area contributed by atoms with Crippen molar-refractivity contribution in [2.45, 2.75) is 57.4 Å². The van der Waals surface area contributed by atoms with Crippen molar-refractivity contribution in [3.05, 3.63) is 11.7 Å². The number of hydrogen-bond donors (Lipinski definition) is 1. The van der Waals surface area contributed by atoms with E-state index in [4.69, 9.17) is 10.3 Å². The lowest BCUT2D eigenvalue weighted by molar-refractivity contribution is 0.221. The molecule has 84 valence electrons. The van der Waals surface area contributed by atoms with Crippen LogP contribution < -0.4 is 5.73 Å². The maximum absolute atomic E-state index is 6.12. The first-order valence-electron chi connectivity index (χ1n) is 5.74. The Morgan fingerprint density at radius 1 is 1.53 bits per heavy atom. The summed E-state index contributed by atoms with van der Waals surface area (Å²) in [6.07, 6.45) is 5.15. The molecule has 1 aliphatic carbocycles. The van der Waals surface area contributed by atoms with Gasteiger partial charge < -0.3 is 10.3 Å². The average Bonchev–Trinajstić information content (AvgIpc) is 2.62. The summed E-state index contributed by atoms with van der Waals surface area (Å²) in [5, 5.41) is 3.99. The zero-order chi connectivity index (χ0) is 10.9. The lowest BCUT2D eigenvalue weighted by Crippen LogP contribution is -2.48. The van der Waals surface area contributed by atoms with Crippen LogP contribution in [-0.4, -0.2) is 15.7 Å². The lowest BCUT2D eigenvalue weighted by Gasteiger charge is -2.36. The zero-order valence-electron chi connectivity index (χ0n) is 9.49. The summed E-state index contributed by atoms with van der Waals surface area (Å²) in [5.41, 5.74) is 6.05. The molecule has 1 fully saturated rings. The summed E-state index contributed by atoms with van der Waals surface area (Å²) in [7, 11) is 0. The van der Waals surface area contributed by atoms with Gasteiger partial charge >= 0.3 is 0 Å². The zero-order valence-corrected chi connectivity index (χ0v) is 9.49. The molecular formula is C11H19N3O. The van der Waals surface area contributed by atoms with E-state index < -0.39 is 0 Å². The summed E-state index contributed by atoms with van der Waals surface area (Å²) in [4.78, 5) is 4.39. The summed E-state index contributed by atoms with van der Waals surface area (Å²) in [5.74, 6) is 1.89. The fourth-order valence-corrected chi connectivity index (χ4v) is 1.83. The van der Waals surface area contributed by atoms with E-state index in [1.54, 1.807) is 0 Å². The van der Waals surface area contributed by atoms with Gasteiger partial charge in [0.25, 0.3) is 0 Å². The van der Waals surface area contributed by atoms with Crippen LogP contribution in [0.4, 0.5) is 0 Å². The smallest absolute Gasteiger partial charge is 0.228 e. The van der Waals surface area contributed by atoms with Crippen LogP contribution in [0.5, 0.6) is 0 Å². The minimum Gasteiger partial charge on any atom is -0.339 e. The Labute approximate surface area is 90.2 Å².